The molecule has 0 spiro atoms. The molecule has 3 heteroatoms. The van der Waals surface area contributed by atoms with Crippen LogP contribution in [0.3, 0.4) is 0 Å². The highest BCUT2D eigenvalue weighted by atomic mass is 31.2. The summed E-state index contributed by atoms with van der Waals surface area (Å²) in [5, 5.41) is 10.9. The van der Waals surface area contributed by atoms with E-state index in [9.17, 15) is 0 Å². The van der Waals surface area contributed by atoms with E-state index in [2.05, 4.69) is 196 Å². The molecule has 8 rings (SSSR count). The van der Waals surface area contributed by atoms with Crippen molar-refractivity contribution in [3.05, 3.63) is 193 Å². The number of rotatable bonds is 7. The van der Waals surface area contributed by atoms with Gasteiger partial charge < -0.3 is 4.57 Å². The minimum Gasteiger partial charge on any atom is -0.309 e. The van der Waals surface area contributed by atoms with E-state index in [1.807, 2.05) is 0 Å². The molecule has 0 amide bonds. The monoisotopic (exact) mass is 666 g/mol. The van der Waals surface area contributed by atoms with Crippen LogP contribution in [0.4, 0.5) is 0 Å². The molecule has 0 N–H and O–H groups in total. The van der Waals surface area contributed by atoms with Gasteiger partial charge in [0.05, 0.1) is 0 Å². The predicted molar refractivity (Wildman–Crippen MR) is 214 cm³/mol. The van der Waals surface area contributed by atoms with Gasteiger partial charge in [-0.15, -0.1) is 0 Å². The zero-order valence-corrected chi connectivity index (χ0v) is 29.4. The SMILES string of the molecule is Cc1ccc(P(=O)(c2ccc(C)cc2)c2ccc3ccccc3c2-c2c(P(c3ccccc3)c3ccccc3)ccc3ccccc23)cc1. The molecule has 0 bridgehead atoms. The van der Waals surface area contributed by atoms with Crippen LogP contribution in [0.15, 0.2) is 182 Å². The zero-order chi connectivity index (χ0) is 33.4. The Morgan fingerprint density at radius 3 is 1.35 bits per heavy atom. The van der Waals surface area contributed by atoms with Crippen molar-refractivity contribution in [2.45, 2.75) is 13.8 Å². The third kappa shape index (κ3) is 5.64. The lowest BCUT2D eigenvalue weighted by molar-refractivity contribution is 0.592. The third-order valence-electron chi connectivity index (χ3n) is 9.47. The van der Waals surface area contributed by atoms with Gasteiger partial charge in [0.25, 0.3) is 0 Å². The maximum atomic E-state index is 16.4. The van der Waals surface area contributed by atoms with Crippen molar-refractivity contribution in [1.29, 1.82) is 0 Å². The molecule has 0 radical (unpaired) electrons. The van der Waals surface area contributed by atoms with Crippen molar-refractivity contribution < 1.29 is 4.57 Å². The minimum absolute atomic E-state index is 0.841. The molecule has 236 valence electrons. The average molecular weight is 667 g/mol. The van der Waals surface area contributed by atoms with Gasteiger partial charge in [0, 0.05) is 21.5 Å². The summed E-state index contributed by atoms with van der Waals surface area (Å²) in [7, 11) is -4.36. The van der Waals surface area contributed by atoms with Crippen LogP contribution in [-0.2, 0) is 4.57 Å². The highest BCUT2D eigenvalue weighted by molar-refractivity contribution is 7.85. The van der Waals surface area contributed by atoms with E-state index in [4.69, 9.17) is 0 Å². The van der Waals surface area contributed by atoms with Crippen molar-refractivity contribution in [2.24, 2.45) is 0 Å². The quantitative estimate of drug-likeness (QED) is 0.155. The maximum absolute atomic E-state index is 16.4. The highest BCUT2D eigenvalue weighted by Gasteiger charge is 2.35. The lowest BCUT2D eigenvalue weighted by atomic mass is 9.93. The van der Waals surface area contributed by atoms with Gasteiger partial charge in [0.1, 0.15) is 0 Å². The van der Waals surface area contributed by atoms with E-state index in [1.54, 1.807) is 0 Å². The van der Waals surface area contributed by atoms with Gasteiger partial charge in [-0.3, -0.25) is 0 Å². The summed E-state index contributed by atoms with van der Waals surface area (Å²) >= 11 is 0. The molecule has 0 heterocycles. The lowest BCUT2D eigenvalue weighted by Gasteiger charge is -2.28. The minimum atomic E-state index is -3.39. The Morgan fingerprint density at radius 2 is 0.837 bits per heavy atom. The number of fused-ring (bicyclic) bond motifs is 2. The molecule has 0 aromatic heterocycles. The first kappa shape index (κ1) is 31.2. The number of aryl methyl sites for hydroxylation is 2. The first-order chi connectivity index (χ1) is 24.0. The summed E-state index contributed by atoms with van der Waals surface area (Å²) < 4.78 is 16.4. The molecule has 8 aromatic carbocycles. The Morgan fingerprint density at radius 1 is 0.408 bits per heavy atom. The first-order valence-corrected chi connectivity index (χ1v) is 19.8. The standard InChI is InChI=1S/C46H36OP2/c1-33-21-27-39(28-22-33)49(47,40-29-23-34(2)24-30-40)44-32-26-36-14-10-12-20-42(36)46(44)45-41-19-11-9-13-35(41)25-31-43(45)48(37-15-5-3-6-16-37)38-17-7-4-8-18-38/h3-32H,1-2H3. The molecule has 0 fully saturated rings. The molecule has 0 saturated heterocycles. The smallest absolute Gasteiger partial charge is 0.171 e. The summed E-state index contributed by atoms with van der Waals surface area (Å²) in [5.41, 5.74) is 4.49. The summed E-state index contributed by atoms with van der Waals surface area (Å²) in [6, 6.07) is 64.6. The largest absolute Gasteiger partial charge is 0.309 e. The Hall–Kier alpha value is -5.06. The molecule has 1 nitrogen and oxygen atoms in total. The Balaban J connectivity index is 1.55. The third-order valence-corrected chi connectivity index (χ3v) is 15.1. The van der Waals surface area contributed by atoms with Gasteiger partial charge in [-0.2, -0.15) is 0 Å². The van der Waals surface area contributed by atoms with Gasteiger partial charge in [0.2, 0.25) is 0 Å². The van der Waals surface area contributed by atoms with E-state index in [0.717, 1.165) is 59.7 Å². The van der Waals surface area contributed by atoms with Gasteiger partial charge in [-0.05, 0) is 70.9 Å². The van der Waals surface area contributed by atoms with Crippen LogP contribution in [0.1, 0.15) is 11.1 Å². The molecule has 0 aliphatic heterocycles. The fourth-order valence-electron chi connectivity index (χ4n) is 7.01. The van der Waals surface area contributed by atoms with E-state index in [0.29, 0.717) is 0 Å². The summed E-state index contributed by atoms with van der Waals surface area (Å²) in [6.07, 6.45) is 0. The second-order valence-corrected chi connectivity index (χ2v) is 17.6. The predicted octanol–water partition coefficient (Wildman–Crippen LogP) is 9.67. The summed E-state index contributed by atoms with van der Waals surface area (Å²) in [4.78, 5) is 0. The Kier molecular flexibility index (Phi) is 8.35. The first-order valence-electron chi connectivity index (χ1n) is 16.7. The fourth-order valence-corrected chi connectivity index (χ4v) is 12.3. The number of hydrogen-bond donors (Lipinski definition) is 0. The van der Waals surface area contributed by atoms with E-state index in [1.165, 1.54) is 15.9 Å². The Labute approximate surface area is 290 Å². The molecular formula is C46H36OP2. The van der Waals surface area contributed by atoms with Crippen LogP contribution in [0, 0.1) is 13.8 Å². The van der Waals surface area contributed by atoms with E-state index in [-0.39, 0.29) is 0 Å². The van der Waals surface area contributed by atoms with E-state index >= 15 is 4.57 Å². The molecule has 0 aliphatic carbocycles. The Bertz CT molecular complexity index is 2380. The van der Waals surface area contributed by atoms with Gasteiger partial charge in [-0.25, -0.2) is 0 Å². The maximum Gasteiger partial charge on any atom is 0.171 e. The van der Waals surface area contributed by atoms with Gasteiger partial charge in [-0.1, -0.05) is 187 Å². The normalized spacial score (nSPS) is 11.7. The molecular weight excluding hydrogens is 630 g/mol. The van der Waals surface area contributed by atoms with Gasteiger partial charge in [0.15, 0.2) is 7.14 Å². The summed E-state index contributed by atoms with van der Waals surface area (Å²) in [5.74, 6) is 0. The molecule has 49 heavy (non-hydrogen) atoms. The van der Waals surface area contributed by atoms with Gasteiger partial charge >= 0.3 is 0 Å². The van der Waals surface area contributed by atoms with Crippen LogP contribution < -0.4 is 31.8 Å². The van der Waals surface area contributed by atoms with Crippen molar-refractivity contribution >= 4 is 68.4 Å². The number of benzene rings is 8. The average Bonchev–Trinajstić information content (AvgIpc) is 3.15. The molecule has 0 atom stereocenters. The van der Waals surface area contributed by atoms with Crippen LogP contribution in [0.2, 0.25) is 0 Å². The van der Waals surface area contributed by atoms with Crippen molar-refractivity contribution in [2.75, 3.05) is 0 Å². The molecule has 0 saturated carbocycles. The summed E-state index contributed by atoms with van der Waals surface area (Å²) in [6.45, 7) is 4.17. The second kappa shape index (κ2) is 13.1. The van der Waals surface area contributed by atoms with Crippen molar-refractivity contribution in [1.82, 2.24) is 0 Å². The topological polar surface area (TPSA) is 17.1 Å². The second-order valence-electron chi connectivity index (χ2n) is 12.6. The van der Waals surface area contributed by atoms with E-state index < -0.39 is 15.1 Å². The van der Waals surface area contributed by atoms with Crippen molar-refractivity contribution in [3.8, 4) is 11.1 Å². The highest BCUT2D eigenvalue weighted by Crippen LogP contribution is 2.49. The molecule has 0 unspecified atom stereocenters. The van der Waals surface area contributed by atoms with Crippen molar-refractivity contribution in [3.63, 3.8) is 0 Å². The fraction of sp³-hybridized carbons (Fsp3) is 0.0435. The number of hydrogen-bond acceptors (Lipinski definition) is 1. The van der Waals surface area contributed by atoms with Crippen LogP contribution in [-0.4, -0.2) is 0 Å². The molecule has 8 aromatic rings. The van der Waals surface area contributed by atoms with Crippen LogP contribution in [0.25, 0.3) is 32.7 Å². The van der Waals surface area contributed by atoms with Crippen LogP contribution in [0.5, 0.6) is 0 Å². The zero-order valence-electron chi connectivity index (χ0n) is 27.6. The van der Waals surface area contributed by atoms with Crippen LogP contribution >= 0.6 is 15.1 Å². The molecule has 0 aliphatic rings. The lowest BCUT2D eigenvalue weighted by Crippen LogP contribution is -2.28.